The summed E-state index contributed by atoms with van der Waals surface area (Å²) in [7, 11) is 1.58. The largest absolute Gasteiger partial charge is 0.493 e. The second kappa shape index (κ2) is 8.05. The third-order valence-corrected chi connectivity index (χ3v) is 4.06. The predicted molar refractivity (Wildman–Crippen MR) is 103 cm³/mol. The molecular formula is C19H17BrN2O4. The third kappa shape index (κ3) is 4.05. The fourth-order valence-corrected chi connectivity index (χ4v) is 2.77. The maximum absolute atomic E-state index is 12.2. The summed E-state index contributed by atoms with van der Waals surface area (Å²) in [5.74, 6) is 1.03. The van der Waals surface area contributed by atoms with Gasteiger partial charge < -0.3 is 13.9 Å². The van der Waals surface area contributed by atoms with Gasteiger partial charge in [-0.2, -0.15) is 5.10 Å². The van der Waals surface area contributed by atoms with Gasteiger partial charge >= 0.3 is 5.91 Å². The minimum absolute atomic E-state index is 0.194. The molecule has 0 aliphatic heterocycles. The van der Waals surface area contributed by atoms with E-state index in [0.717, 1.165) is 15.4 Å². The normalized spacial score (nSPS) is 11.0. The number of hydrogen-bond donors (Lipinski definition) is 1. The van der Waals surface area contributed by atoms with Crippen molar-refractivity contribution in [1.82, 2.24) is 5.43 Å². The molecule has 7 heteroatoms. The molecular weight excluding hydrogens is 400 g/mol. The fraction of sp³-hybridized carbons (Fsp3) is 0.158. The molecule has 26 heavy (non-hydrogen) atoms. The summed E-state index contributed by atoms with van der Waals surface area (Å²) in [6, 6.07) is 12.6. The van der Waals surface area contributed by atoms with E-state index >= 15 is 0 Å². The van der Waals surface area contributed by atoms with E-state index in [9.17, 15) is 4.79 Å². The smallest absolute Gasteiger partial charge is 0.307 e. The molecule has 134 valence electrons. The first-order chi connectivity index (χ1) is 12.6. The molecule has 1 aromatic heterocycles. The van der Waals surface area contributed by atoms with Gasteiger partial charge in [-0.15, -0.1) is 0 Å². The van der Waals surface area contributed by atoms with E-state index in [1.165, 1.54) is 6.21 Å². The molecule has 0 spiro atoms. The Morgan fingerprint density at radius 1 is 1.23 bits per heavy atom. The summed E-state index contributed by atoms with van der Waals surface area (Å²) in [5.41, 5.74) is 3.86. The molecule has 0 atom stereocenters. The number of amides is 1. The van der Waals surface area contributed by atoms with Crippen molar-refractivity contribution in [2.24, 2.45) is 5.10 Å². The molecule has 0 fully saturated rings. The van der Waals surface area contributed by atoms with Crippen LogP contribution >= 0.6 is 15.9 Å². The second-order valence-electron chi connectivity index (χ2n) is 5.34. The molecule has 0 aliphatic carbocycles. The molecule has 0 bridgehead atoms. The van der Waals surface area contributed by atoms with Crippen LogP contribution in [0.3, 0.4) is 0 Å². The van der Waals surface area contributed by atoms with Crippen LogP contribution in [-0.2, 0) is 0 Å². The number of methoxy groups -OCH3 is 1. The Hall–Kier alpha value is -2.80. The van der Waals surface area contributed by atoms with Gasteiger partial charge in [-0.25, -0.2) is 5.43 Å². The molecule has 0 aliphatic rings. The van der Waals surface area contributed by atoms with Crippen molar-refractivity contribution in [3.05, 3.63) is 58.3 Å². The van der Waals surface area contributed by atoms with E-state index < -0.39 is 5.91 Å². The van der Waals surface area contributed by atoms with Gasteiger partial charge in [0.05, 0.1) is 19.9 Å². The molecule has 0 saturated carbocycles. The van der Waals surface area contributed by atoms with Crippen molar-refractivity contribution in [2.75, 3.05) is 13.7 Å². The van der Waals surface area contributed by atoms with Crippen LogP contribution in [0.1, 0.15) is 23.0 Å². The highest BCUT2D eigenvalue weighted by molar-refractivity contribution is 9.10. The van der Waals surface area contributed by atoms with Crippen LogP contribution in [0.4, 0.5) is 0 Å². The topological polar surface area (TPSA) is 73.1 Å². The van der Waals surface area contributed by atoms with Gasteiger partial charge in [-0.3, -0.25) is 4.79 Å². The number of fused-ring (bicyclic) bond motifs is 1. The molecule has 1 N–H and O–H groups in total. The maximum Gasteiger partial charge on any atom is 0.307 e. The van der Waals surface area contributed by atoms with Crippen molar-refractivity contribution >= 4 is 39.0 Å². The number of benzene rings is 2. The van der Waals surface area contributed by atoms with Gasteiger partial charge in [0, 0.05) is 9.86 Å². The van der Waals surface area contributed by atoms with E-state index in [1.54, 1.807) is 31.4 Å². The number of carbonyl (C=O) groups is 1. The number of furan rings is 1. The number of nitrogens with one attached hydrogen (secondary N) is 1. The van der Waals surface area contributed by atoms with Crippen LogP contribution in [0.2, 0.25) is 0 Å². The first-order valence-corrected chi connectivity index (χ1v) is 8.73. The summed E-state index contributed by atoms with van der Waals surface area (Å²) in [5, 5.41) is 4.81. The second-order valence-corrected chi connectivity index (χ2v) is 6.25. The molecule has 3 aromatic rings. The van der Waals surface area contributed by atoms with E-state index in [1.807, 2.05) is 25.1 Å². The van der Waals surface area contributed by atoms with Crippen molar-refractivity contribution in [3.63, 3.8) is 0 Å². The Balaban J connectivity index is 1.71. The van der Waals surface area contributed by atoms with Crippen molar-refractivity contribution in [2.45, 2.75) is 6.92 Å². The Morgan fingerprint density at radius 3 is 2.85 bits per heavy atom. The average molecular weight is 417 g/mol. The van der Waals surface area contributed by atoms with Crippen LogP contribution in [0.5, 0.6) is 11.5 Å². The zero-order chi connectivity index (χ0) is 18.5. The Kier molecular flexibility index (Phi) is 5.58. The summed E-state index contributed by atoms with van der Waals surface area (Å²) in [6.07, 6.45) is 1.53. The number of carbonyl (C=O) groups excluding carboxylic acids is 1. The zero-order valence-electron chi connectivity index (χ0n) is 14.3. The number of halogens is 1. The standard InChI is InChI=1S/C19H17BrN2O4/c1-3-25-17-8-12(4-6-16(17)24-2)11-21-22-19(23)18-10-13-9-14(20)5-7-15(13)26-18/h4-11H,3H2,1-2H3,(H,22,23)/b21-11+. The molecule has 1 heterocycles. The Morgan fingerprint density at radius 2 is 2.08 bits per heavy atom. The zero-order valence-corrected chi connectivity index (χ0v) is 15.9. The molecule has 2 aromatic carbocycles. The van der Waals surface area contributed by atoms with E-state index in [4.69, 9.17) is 13.9 Å². The van der Waals surface area contributed by atoms with Gasteiger partial charge in [-0.1, -0.05) is 15.9 Å². The van der Waals surface area contributed by atoms with Crippen molar-refractivity contribution in [3.8, 4) is 11.5 Å². The van der Waals surface area contributed by atoms with Gasteiger partial charge in [0.15, 0.2) is 17.3 Å². The average Bonchev–Trinajstić information content (AvgIpc) is 3.05. The highest BCUT2D eigenvalue weighted by Gasteiger charge is 2.11. The predicted octanol–water partition coefficient (Wildman–Crippen LogP) is 4.37. The molecule has 6 nitrogen and oxygen atoms in total. The Bertz CT molecular complexity index is 965. The lowest BCUT2D eigenvalue weighted by Gasteiger charge is -2.09. The van der Waals surface area contributed by atoms with Crippen LogP contribution in [0.15, 0.2) is 56.5 Å². The number of rotatable bonds is 6. The first kappa shape index (κ1) is 18.0. The van der Waals surface area contributed by atoms with Crippen molar-refractivity contribution in [1.29, 1.82) is 0 Å². The molecule has 0 saturated heterocycles. The fourth-order valence-electron chi connectivity index (χ4n) is 2.39. The summed E-state index contributed by atoms with van der Waals surface area (Å²) < 4.78 is 17.2. The van der Waals surface area contributed by atoms with Gasteiger partial charge in [0.1, 0.15) is 5.58 Å². The van der Waals surface area contributed by atoms with Gasteiger partial charge in [-0.05, 0) is 55.0 Å². The van der Waals surface area contributed by atoms with E-state index in [0.29, 0.717) is 23.7 Å². The SMILES string of the molecule is CCOc1cc(/C=N/NC(=O)c2cc3cc(Br)ccc3o2)ccc1OC. The number of hydrazone groups is 1. The summed E-state index contributed by atoms with van der Waals surface area (Å²) in [4.78, 5) is 12.2. The lowest BCUT2D eigenvalue weighted by molar-refractivity contribution is 0.0929. The quantitative estimate of drug-likeness (QED) is 0.478. The lowest BCUT2D eigenvalue weighted by atomic mass is 10.2. The first-order valence-electron chi connectivity index (χ1n) is 7.94. The Labute approximate surface area is 158 Å². The monoisotopic (exact) mass is 416 g/mol. The van der Waals surface area contributed by atoms with Crippen LogP contribution in [-0.4, -0.2) is 25.8 Å². The third-order valence-electron chi connectivity index (χ3n) is 3.57. The number of hydrogen-bond acceptors (Lipinski definition) is 5. The van der Waals surface area contributed by atoms with E-state index in [2.05, 4.69) is 26.5 Å². The van der Waals surface area contributed by atoms with Crippen molar-refractivity contribution < 1.29 is 18.7 Å². The minimum Gasteiger partial charge on any atom is -0.493 e. The maximum atomic E-state index is 12.2. The summed E-state index contributed by atoms with van der Waals surface area (Å²) in [6.45, 7) is 2.42. The summed E-state index contributed by atoms with van der Waals surface area (Å²) >= 11 is 3.39. The molecule has 0 radical (unpaired) electrons. The lowest BCUT2D eigenvalue weighted by Crippen LogP contribution is -2.16. The molecule has 0 unspecified atom stereocenters. The van der Waals surface area contributed by atoms with Crippen LogP contribution in [0, 0.1) is 0 Å². The van der Waals surface area contributed by atoms with Crippen LogP contribution in [0.25, 0.3) is 11.0 Å². The number of nitrogens with zero attached hydrogens (tertiary/aromatic N) is 1. The molecule has 3 rings (SSSR count). The molecule has 1 amide bonds. The van der Waals surface area contributed by atoms with Crippen LogP contribution < -0.4 is 14.9 Å². The van der Waals surface area contributed by atoms with Gasteiger partial charge in [0.25, 0.3) is 0 Å². The van der Waals surface area contributed by atoms with Gasteiger partial charge in [0.2, 0.25) is 0 Å². The van der Waals surface area contributed by atoms with E-state index in [-0.39, 0.29) is 5.76 Å². The highest BCUT2D eigenvalue weighted by Crippen LogP contribution is 2.27. The highest BCUT2D eigenvalue weighted by atomic mass is 79.9. The number of ether oxygens (including phenoxy) is 2. The minimum atomic E-state index is -0.424.